The average molecular weight is 138 g/mol. The molecule has 4 nitrogen and oxygen atoms in total. The van der Waals surface area contributed by atoms with Crippen LogP contribution >= 0.6 is 0 Å². The standard InChI is InChI=1S/C6H6N2O2/c1-3-4-10-6(9)5(2)8-7/h1H,4H2,2H3. The normalized spacial score (nSPS) is 7.20. The molecule has 0 aromatic rings. The van der Waals surface area contributed by atoms with Crippen molar-refractivity contribution in [2.24, 2.45) is 0 Å². The molecule has 10 heavy (non-hydrogen) atoms. The monoisotopic (exact) mass is 138 g/mol. The summed E-state index contributed by atoms with van der Waals surface area (Å²) in [7, 11) is 0. The van der Waals surface area contributed by atoms with E-state index in [-0.39, 0.29) is 12.3 Å². The van der Waals surface area contributed by atoms with Crippen LogP contribution < -0.4 is 0 Å². The zero-order chi connectivity index (χ0) is 7.98. The van der Waals surface area contributed by atoms with Gasteiger partial charge in [-0.05, 0) is 0 Å². The zero-order valence-electron chi connectivity index (χ0n) is 5.50. The maximum absolute atomic E-state index is 10.5. The SMILES string of the molecule is C#CCOC(=O)C(C)=[N+]=[N-]. The summed E-state index contributed by atoms with van der Waals surface area (Å²) < 4.78 is 4.38. The maximum atomic E-state index is 10.5. The number of esters is 1. The second-order valence-corrected chi connectivity index (χ2v) is 1.47. The van der Waals surface area contributed by atoms with E-state index in [0.717, 1.165) is 0 Å². The predicted molar refractivity (Wildman–Crippen MR) is 34.1 cm³/mol. The summed E-state index contributed by atoms with van der Waals surface area (Å²) in [4.78, 5) is 13.1. The molecule has 0 saturated carbocycles. The summed E-state index contributed by atoms with van der Waals surface area (Å²) in [5, 5.41) is 0. The lowest BCUT2D eigenvalue weighted by Gasteiger charge is -1.90. The van der Waals surface area contributed by atoms with Crippen molar-refractivity contribution in [3.05, 3.63) is 5.53 Å². The molecular weight excluding hydrogens is 132 g/mol. The van der Waals surface area contributed by atoms with Gasteiger partial charge >= 0.3 is 11.7 Å². The van der Waals surface area contributed by atoms with Crippen LogP contribution in [0.4, 0.5) is 0 Å². The first kappa shape index (κ1) is 8.41. The molecule has 0 amide bonds. The van der Waals surface area contributed by atoms with E-state index in [0.29, 0.717) is 0 Å². The molecule has 0 aliphatic rings. The third kappa shape index (κ3) is 2.65. The van der Waals surface area contributed by atoms with Crippen molar-refractivity contribution in [1.82, 2.24) is 0 Å². The Labute approximate surface area is 58.4 Å². The van der Waals surface area contributed by atoms with Crippen LogP contribution in [0.3, 0.4) is 0 Å². The Balaban J connectivity index is 3.89. The van der Waals surface area contributed by atoms with E-state index in [9.17, 15) is 4.79 Å². The third-order valence-corrected chi connectivity index (χ3v) is 0.732. The quantitative estimate of drug-likeness (QED) is 0.175. The summed E-state index contributed by atoms with van der Waals surface area (Å²) in [6.45, 7) is 1.21. The first-order valence-corrected chi connectivity index (χ1v) is 2.51. The lowest BCUT2D eigenvalue weighted by Crippen LogP contribution is -2.14. The van der Waals surface area contributed by atoms with Crippen molar-refractivity contribution in [3.8, 4) is 12.3 Å². The first-order valence-electron chi connectivity index (χ1n) is 2.51. The van der Waals surface area contributed by atoms with Crippen LogP contribution in [-0.4, -0.2) is 23.1 Å². The van der Waals surface area contributed by atoms with Gasteiger partial charge in [-0.25, -0.2) is 4.79 Å². The van der Waals surface area contributed by atoms with Gasteiger partial charge < -0.3 is 10.3 Å². The van der Waals surface area contributed by atoms with E-state index in [1.807, 2.05) is 0 Å². The predicted octanol–water partition coefficient (Wildman–Crippen LogP) is -0.147. The minimum atomic E-state index is -0.708. The second-order valence-electron chi connectivity index (χ2n) is 1.47. The highest BCUT2D eigenvalue weighted by Gasteiger charge is 2.13. The molecule has 52 valence electrons. The van der Waals surface area contributed by atoms with E-state index in [2.05, 4.69) is 15.4 Å². The van der Waals surface area contributed by atoms with E-state index in [1.165, 1.54) is 6.92 Å². The van der Waals surface area contributed by atoms with Crippen molar-refractivity contribution < 1.29 is 14.3 Å². The number of nitrogens with zero attached hydrogens (tertiary/aromatic N) is 2. The van der Waals surface area contributed by atoms with Gasteiger partial charge in [0.15, 0.2) is 6.61 Å². The largest absolute Gasteiger partial charge is 0.444 e. The smallest absolute Gasteiger partial charge is 0.417 e. The highest BCUT2D eigenvalue weighted by Crippen LogP contribution is 1.77. The fourth-order valence-corrected chi connectivity index (χ4v) is 0.252. The number of hydrogen-bond donors (Lipinski definition) is 0. The lowest BCUT2D eigenvalue weighted by molar-refractivity contribution is -0.138. The molecule has 0 heterocycles. The minimum absolute atomic E-state index is 0.105. The molecule has 0 bridgehead atoms. The molecule has 0 unspecified atom stereocenters. The summed E-state index contributed by atoms with van der Waals surface area (Å²) in [6.07, 6.45) is 4.79. The Morgan fingerprint density at radius 1 is 1.90 bits per heavy atom. The number of carbonyl (C=O) groups is 1. The van der Waals surface area contributed by atoms with Gasteiger partial charge in [-0.3, -0.25) is 0 Å². The molecule has 0 aromatic carbocycles. The lowest BCUT2D eigenvalue weighted by atomic mass is 10.4. The Hall–Kier alpha value is -1.59. The summed E-state index contributed by atoms with van der Waals surface area (Å²) in [5.74, 6) is 1.39. The van der Waals surface area contributed by atoms with Crippen LogP contribution in [-0.2, 0) is 9.53 Å². The molecule has 4 heteroatoms. The molecule has 0 atom stereocenters. The van der Waals surface area contributed by atoms with E-state index in [1.54, 1.807) is 0 Å². The summed E-state index contributed by atoms with van der Waals surface area (Å²) in [6, 6.07) is 0. The van der Waals surface area contributed by atoms with Crippen LogP contribution in [0.5, 0.6) is 0 Å². The molecule has 0 saturated heterocycles. The summed E-state index contributed by atoms with van der Waals surface area (Å²) >= 11 is 0. The van der Waals surface area contributed by atoms with Crippen molar-refractivity contribution in [3.63, 3.8) is 0 Å². The van der Waals surface area contributed by atoms with Crippen LogP contribution in [0, 0.1) is 12.3 Å². The Morgan fingerprint density at radius 3 is 2.90 bits per heavy atom. The van der Waals surface area contributed by atoms with Crippen molar-refractivity contribution in [2.45, 2.75) is 6.92 Å². The Bertz CT molecular complexity index is 220. The van der Waals surface area contributed by atoms with Crippen LogP contribution in [0.2, 0.25) is 0 Å². The molecule has 0 radical (unpaired) electrons. The molecule has 0 spiro atoms. The highest BCUT2D eigenvalue weighted by molar-refractivity contribution is 6.32. The topological polar surface area (TPSA) is 62.7 Å². The number of hydrogen-bond acceptors (Lipinski definition) is 2. The Kier molecular flexibility index (Phi) is 3.62. The summed E-state index contributed by atoms with van der Waals surface area (Å²) in [5.41, 5.74) is 7.92. The van der Waals surface area contributed by atoms with Crippen LogP contribution in [0.15, 0.2) is 0 Å². The molecule has 0 aromatic heterocycles. The second kappa shape index (κ2) is 4.30. The molecule has 0 aliphatic heterocycles. The van der Waals surface area contributed by atoms with Crippen molar-refractivity contribution >= 4 is 11.7 Å². The Morgan fingerprint density at radius 2 is 2.50 bits per heavy atom. The van der Waals surface area contributed by atoms with Crippen LogP contribution in [0.25, 0.3) is 5.53 Å². The molecular formula is C6H6N2O2. The van der Waals surface area contributed by atoms with Gasteiger partial charge in [-0.1, -0.05) is 5.92 Å². The van der Waals surface area contributed by atoms with Crippen molar-refractivity contribution in [1.29, 1.82) is 0 Å². The number of ether oxygens (including phenoxy) is 1. The van der Waals surface area contributed by atoms with Gasteiger partial charge in [0.05, 0.1) is 0 Å². The average Bonchev–Trinajstić information content (AvgIpc) is 1.98. The maximum Gasteiger partial charge on any atom is 0.417 e. The highest BCUT2D eigenvalue weighted by atomic mass is 16.5. The van der Waals surface area contributed by atoms with E-state index >= 15 is 0 Å². The number of rotatable bonds is 2. The third-order valence-electron chi connectivity index (χ3n) is 0.732. The first-order chi connectivity index (χ1) is 4.72. The van der Waals surface area contributed by atoms with Crippen LogP contribution in [0.1, 0.15) is 6.92 Å². The van der Waals surface area contributed by atoms with E-state index in [4.69, 9.17) is 12.0 Å². The van der Waals surface area contributed by atoms with Gasteiger partial charge in [0.2, 0.25) is 0 Å². The molecule has 0 N–H and O–H groups in total. The molecule has 0 fully saturated rings. The van der Waals surface area contributed by atoms with Gasteiger partial charge in [0.1, 0.15) is 0 Å². The van der Waals surface area contributed by atoms with E-state index < -0.39 is 5.97 Å². The molecule has 0 rings (SSSR count). The number of terminal acetylenes is 1. The van der Waals surface area contributed by atoms with Gasteiger partial charge in [-0.15, -0.1) is 6.42 Å². The van der Waals surface area contributed by atoms with Gasteiger partial charge in [0, 0.05) is 6.92 Å². The fourth-order valence-electron chi connectivity index (χ4n) is 0.252. The molecule has 0 aliphatic carbocycles. The van der Waals surface area contributed by atoms with Crippen molar-refractivity contribution in [2.75, 3.05) is 6.61 Å². The number of carbonyl (C=O) groups excluding carboxylic acids is 1. The van der Waals surface area contributed by atoms with Gasteiger partial charge in [0.25, 0.3) is 0 Å². The van der Waals surface area contributed by atoms with Gasteiger partial charge in [-0.2, -0.15) is 4.79 Å². The fraction of sp³-hybridized carbons (Fsp3) is 0.333. The minimum Gasteiger partial charge on any atom is -0.444 e. The zero-order valence-corrected chi connectivity index (χ0v) is 5.50.